The predicted octanol–water partition coefficient (Wildman–Crippen LogP) is -0.0627. The van der Waals surface area contributed by atoms with Crippen LogP contribution in [0, 0.1) is 0 Å². The summed E-state index contributed by atoms with van der Waals surface area (Å²) in [4.78, 5) is 27.0. The molecule has 0 bridgehead atoms. The molecule has 1 aromatic rings. The third-order valence-electron chi connectivity index (χ3n) is 3.51. The normalized spacial score (nSPS) is 16.8. The SMILES string of the molecule is CC(=O)N1CCCN(Cc2ccoc2C(=O)NN)CC1. The fourth-order valence-electron chi connectivity index (χ4n) is 2.41. The van der Waals surface area contributed by atoms with Crippen LogP contribution < -0.4 is 11.3 Å². The van der Waals surface area contributed by atoms with E-state index in [9.17, 15) is 9.59 Å². The summed E-state index contributed by atoms with van der Waals surface area (Å²) in [7, 11) is 0. The van der Waals surface area contributed by atoms with Crippen molar-refractivity contribution in [2.75, 3.05) is 26.2 Å². The molecule has 2 rings (SSSR count). The first kappa shape index (κ1) is 14.5. The topological polar surface area (TPSA) is 91.8 Å². The number of carbonyl (C=O) groups is 2. The Hall–Kier alpha value is -1.86. The number of rotatable bonds is 3. The molecule has 0 saturated carbocycles. The highest BCUT2D eigenvalue weighted by Gasteiger charge is 2.20. The van der Waals surface area contributed by atoms with E-state index < -0.39 is 5.91 Å². The molecule has 110 valence electrons. The van der Waals surface area contributed by atoms with E-state index in [1.165, 1.54) is 6.26 Å². The fraction of sp³-hybridized carbons (Fsp3) is 0.538. The second kappa shape index (κ2) is 6.53. The first-order chi connectivity index (χ1) is 9.61. The molecular weight excluding hydrogens is 260 g/mol. The molecule has 1 fully saturated rings. The Morgan fingerprint density at radius 3 is 2.85 bits per heavy atom. The van der Waals surface area contributed by atoms with Crippen molar-refractivity contribution in [3.8, 4) is 0 Å². The van der Waals surface area contributed by atoms with Crippen LogP contribution in [0.15, 0.2) is 16.7 Å². The number of carbonyl (C=O) groups excluding carboxylic acids is 2. The van der Waals surface area contributed by atoms with E-state index in [0.717, 1.165) is 31.6 Å². The Morgan fingerprint density at radius 2 is 2.15 bits per heavy atom. The van der Waals surface area contributed by atoms with Gasteiger partial charge in [-0.25, -0.2) is 5.84 Å². The molecule has 20 heavy (non-hydrogen) atoms. The van der Waals surface area contributed by atoms with Gasteiger partial charge in [0.15, 0.2) is 5.76 Å². The number of nitrogens with zero attached hydrogens (tertiary/aromatic N) is 2. The van der Waals surface area contributed by atoms with Crippen molar-refractivity contribution in [3.05, 3.63) is 23.7 Å². The molecule has 1 aromatic heterocycles. The lowest BCUT2D eigenvalue weighted by atomic mass is 10.2. The van der Waals surface area contributed by atoms with Crippen LogP contribution >= 0.6 is 0 Å². The number of hydrogen-bond acceptors (Lipinski definition) is 5. The number of hydrogen-bond donors (Lipinski definition) is 2. The number of furan rings is 1. The zero-order valence-corrected chi connectivity index (χ0v) is 11.6. The number of nitrogen functional groups attached to an aromatic ring is 1. The minimum atomic E-state index is -0.426. The fourth-order valence-corrected chi connectivity index (χ4v) is 2.41. The molecule has 7 nitrogen and oxygen atoms in total. The Kier molecular flexibility index (Phi) is 4.75. The second-order valence-electron chi connectivity index (χ2n) is 4.88. The minimum absolute atomic E-state index is 0.110. The van der Waals surface area contributed by atoms with Gasteiger partial charge in [0.2, 0.25) is 5.91 Å². The highest BCUT2D eigenvalue weighted by atomic mass is 16.3. The highest BCUT2D eigenvalue weighted by molar-refractivity contribution is 5.92. The van der Waals surface area contributed by atoms with Gasteiger partial charge >= 0.3 is 5.91 Å². The van der Waals surface area contributed by atoms with Crippen molar-refractivity contribution >= 4 is 11.8 Å². The summed E-state index contributed by atoms with van der Waals surface area (Å²) in [5.74, 6) is 5.06. The highest BCUT2D eigenvalue weighted by Crippen LogP contribution is 2.15. The van der Waals surface area contributed by atoms with Crippen LogP contribution in [-0.2, 0) is 11.3 Å². The molecule has 0 radical (unpaired) electrons. The van der Waals surface area contributed by atoms with Crippen molar-refractivity contribution in [2.24, 2.45) is 5.84 Å². The minimum Gasteiger partial charge on any atom is -0.459 e. The molecule has 3 N–H and O–H groups in total. The first-order valence-corrected chi connectivity index (χ1v) is 6.67. The molecule has 0 atom stereocenters. The van der Waals surface area contributed by atoms with Crippen molar-refractivity contribution in [1.29, 1.82) is 0 Å². The smallest absolute Gasteiger partial charge is 0.301 e. The summed E-state index contributed by atoms with van der Waals surface area (Å²) in [5.41, 5.74) is 2.88. The molecule has 2 heterocycles. The van der Waals surface area contributed by atoms with Crippen molar-refractivity contribution < 1.29 is 14.0 Å². The molecule has 2 amide bonds. The van der Waals surface area contributed by atoms with Gasteiger partial charge in [-0.05, 0) is 12.5 Å². The predicted molar refractivity (Wildman–Crippen MR) is 72.5 cm³/mol. The third kappa shape index (κ3) is 3.37. The summed E-state index contributed by atoms with van der Waals surface area (Å²) < 4.78 is 5.17. The monoisotopic (exact) mass is 280 g/mol. The summed E-state index contributed by atoms with van der Waals surface area (Å²) in [6.45, 7) is 5.38. The van der Waals surface area contributed by atoms with Gasteiger partial charge in [0, 0.05) is 45.2 Å². The van der Waals surface area contributed by atoms with Crippen LogP contribution in [0.5, 0.6) is 0 Å². The van der Waals surface area contributed by atoms with Crippen LogP contribution in [0.1, 0.15) is 29.5 Å². The maximum Gasteiger partial charge on any atom is 0.301 e. The molecule has 0 aliphatic carbocycles. The number of nitrogens with one attached hydrogen (secondary N) is 1. The molecule has 0 aromatic carbocycles. The van der Waals surface area contributed by atoms with Crippen LogP contribution in [0.2, 0.25) is 0 Å². The van der Waals surface area contributed by atoms with Gasteiger partial charge in [-0.2, -0.15) is 0 Å². The first-order valence-electron chi connectivity index (χ1n) is 6.67. The van der Waals surface area contributed by atoms with E-state index in [2.05, 4.69) is 10.3 Å². The largest absolute Gasteiger partial charge is 0.459 e. The van der Waals surface area contributed by atoms with E-state index in [1.807, 2.05) is 4.90 Å². The Balaban J connectivity index is 1.98. The lowest BCUT2D eigenvalue weighted by Gasteiger charge is -2.20. The Labute approximate surface area is 117 Å². The zero-order valence-electron chi connectivity index (χ0n) is 11.6. The van der Waals surface area contributed by atoms with E-state index >= 15 is 0 Å². The molecule has 0 unspecified atom stereocenters. The van der Waals surface area contributed by atoms with Gasteiger partial charge in [-0.3, -0.25) is 19.9 Å². The van der Waals surface area contributed by atoms with E-state index in [4.69, 9.17) is 10.3 Å². The maximum absolute atomic E-state index is 11.5. The van der Waals surface area contributed by atoms with Crippen molar-refractivity contribution in [2.45, 2.75) is 19.9 Å². The average Bonchev–Trinajstić information content (AvgIpc) is 2.75. The van der Waals surface area contributed by atoms with Crippen LogP contribution in [0.3, 0.4) is 0 Å². The quantitative estimate of drug-likeness (QED) is 0.460. The van der Waals surface area contributed by atoms with E-state index in [1.54, 1.807) is 13.0 Å². The van der Waals surface area contributed by atoms with Gasteiger partial charge in [0.1, 0.15) is 0 Å². The molecular formula is C13H20N4O3. The molecule has 0 spiro atoms. The van der Waals surface area contributed by atoms with Gasteiger partial charge in [-0.15, -0.1) is 0 Å². The van der Waals surface area contributed by atoms with Gasteiger partial charge in [0.25, 0.3) is 0 Å². The van der Waals surface area contributed by atoms with Gasteiger partial charge in [0.05, 0.1) is 6.26 Å². The van der Waals surface area contributed by atoms with Crippen molar-refractivity contribution in [1.82, 2.24) is 15.2 Å². The summed E-state index contributed by atoms with van der Waals surface area (Å²) in [5, 5.41) is 0. The molecule has 1 saturated heterocycles. The maximum atomic E-state index is 11.5. The summed E-state index contributed by atoms with van der Waals surface area (Å²) in [6, 6.07) is 1.78. The number of amides is 2. The van der Waals surface area contributed by atoms with E-state index in [0.29, 0.717) is 13.1 Å². The number of hydrazine groups is 1. The Bertz CT molecular complexity index is 486. The van der Waals surface area contributed by atoms with Crippen LogP contribution in [0.25, 0.3) is 0 Å². The second-order valence-corrected chi connectivity index (χ2v) is 4.88. The van der Waals surface area contributed by atoms with E-state index in [-0.39, 0.29) is 11.7 Å². The molecule has 7 heteroatoms. The summed E-state index contributed by atoms with van der Waals surface area (Å²) in [6.07, 6.45) is 2.41. The van der Waals surface area contributed by atoms with Crippen molar-refractivity contribution in [3.63, 3.8) is 0 Å². The third-order valence-corrected chi connectivity index (χ3v) is 3.51. The van der Waals surface area contributed by atoms with Crippen LogP contribution in [0.4, 0.5) is 0 Å². The lowest BCUT2D eigenvalue weighted by Crippen LogP contribution is -2.34. The van der Waals surface area contributed by atoms with Gasteiger partial charge < -0.3 is 9.32 Å². The number of nitrogens with two attached hydrogens (primary N) is 1. The molecule has 1 aliphatic rings. The lowest BCUT2D eigenvalue weighted by molar-refractivity contribution is -0.128. The summed E-state index contributed by atoms with van der Waals surface area (Å²) >= 11 is 0. The van der Waals surface area contributed by atoms with Gasteiger partial charge in [-0.1, -0.05) is 0 Å². The Morgan fingerprint density at radius 1 is 1.35 bits per heavy atom. The molecule has 1 aliphatic heterocycles. The zero-order chi connectivity index (χ0) is 14.5. The average molecular weight is 280 g/mol. The standard InChI is InChI=1S/C13H20N4O3/c1-10(18)17-5-2-4-16(6-7-17)9-11-3-8-20-12(11)13(19)15-14/h3,8H,2,4-7,9,14H2,1H3,(H,15,19). The van der Waals surface area contributed by atoms with Crippen LogP contribution in [-0.4, -0.2) is 47.8 Å².